The molecule has 0 aliphatic carbocycles. The van der Waals surface area contributed by atoms with Crippen molar-refractivity contribution in [3.05, 3.63) is 0 Å². The number of carbonyl (C=O) groups is 2. The van der Waals surface area contributed by atoms with Gasteiger partial charge in [0, 0.05) is 6.54 Å². The Hall–Kier alpha value is -1.79. The maximum atomic E-state index is 11.9. The first-order valence-electron chi connectivity index (χ1n) is 7.33. The van der Waals surface area contributed by atoms with Gasteiger partial charge in [-0.05, 0) is 19.8 Å². The second-order valence-electron chi connectivity index (χ2n) is 5.33. The minimum absolute atomic E-state index is 0.200. The van der Waals surface area contributed by atoms with E-state index in [1.165, 1.54) is 6.92 Å². The van der Waals surface area contributed by atoms with E-state index in [9.17, 15) is 30.0 Å². The molecule has 0 heterocycles. The lowest BCUT2D eigenvalue weighted by Gasteiger charge is -2.26. The molecule has 0 aromatic rings. The maximum Gasteiger partial charge on any atom is 0.252 e. The van der Waals surface area contributed by atoms with E-state index in [0.717, 1.165) is 0 Å². The fourth-order valence-electron chi connectivity index (χ4n) is 1.84. The van der Waals surface area contributed by atoms with Crippen LogP contribution < -0.4 is 16.4 Å². The van der Waals surface area contributed by atoms with Crippen molar-refractivity contribution in [2.45, 2.75) is 50.2 Å². The van der Waals surface area contributed by atoms with E-state index in [0.29, 0.717) is 13.0 Å². The molecule has 0 saturated heterocycles. The molecule has 0 bridgehead atoms. The van der Waals surface area contributed by atoms with Crippen molar-refractivity contribution >= 4 is 17.6 Å². The summed E-state index contributed by atoms with van der Waals surface area (Å²) < 4.78 is 0. The number of rotatable bonds is 11. The number of aliphatic hydroxyl groups is 5. The Morgan fingerprint density at radius 1 is 1.17 bits per heavy atom. The molecule has 24 heavy (non-hydrogen) atoms. The summed E-state index contributed by atoms with van der Waals surface area (Å²) in [5.41, 5.74) is 5.10. The third-order valence-corrected chi connectivity index (χ3v) is 3.32. The molecule has 5 atom stereocenters. The quantitative estimate of drug-likeness (QED) is 0.100. The number of hydrogen-bond donors (Lipinski definition) is 9. The van der Waals surface area contributed by atoms with E-state index in [-0.39, 0.29) is 18.2 Å². The van der Waals surface area contributed by atoms with Gasteiger partial charge in [0.15, 0.2) is 17.8 Å². The second-order valence-corrected chi connectivity index (χ2v) is 5.33. The van der Waals surface area contributed by atoms with Gasteiger partial charge < -0.3 is 41.9 Å². The first kappa shape index (κ1) is 22.2. The van der Waals surface area contributed by atoms with Crippen LogP contribution in [0.1, 0.15) is 19.8 Å². The summed E-state index contributed by atoms with van der Waals surface area (Å²) in [4.78, 5) is 23.4. The van der Waals surface area contributed by atoms with E-state index in [2.05, 4.69) is 10.6 Å². The van der Waals surface area contributed by atoms with Crippen molar-refractivity contribution in [2.75, 3.05) is 13.2 Å². The van der Waals surface area contributed by atoms with E-state index in [4.69, 9.17) is 16.2 Å². The second kappa shape index (κ2) is 10.9. The van der Waals surface area contributed by atoms with Crippen molar-refractivity contribution in [2.24, 2.45) is 5.73 Å². The minimum Gasteiger partial charge on any atom is -0.394 e. The molecule has 140 valence electrons. The lowest BCUT2D eigenvalue weighted by Crippen LogP contribution is -2.54. The molecule has 11 heteroatoms. The molecule has 10 N–H and O–H groups in total. The smallest absolute Gasteiger partial charge is 0.252 e. The van der Waals surface area contributed by atoms with Crippen molar-refractivity contribution in [1.82, 2.24) is 10.6 Å². The van der Waals surface area contributed by atoms with Gasteiger partial charge in [-0.1, -0.05) is 0 Å². The summed E-state index contributed by atoms with van der Waals surface area (Å²) >= 11 is 0. The van der Waals surface area contributed by atoms with Crippen LogP contribution in [-0.4, -0.2) is 86.8 Å². The molecule has 0 aromatic heterocycles. The van der Waals surface area contributed by atoms with Gasteiger partial charge in [0.2, 0.25) is 0 Å². The first-order chi connectivity index (χ1) is 11.1. The third kappa shape index (κ3) is 7.66. The minimum atomic E-state index is -2.10. The highest BCUT2D eigenvalue weighted by molar-refractivity contribution is 5.89. The summed E-state index contributed by atoms with van der Waals surface area (Å²) in [5, 5.41) is 58.4. The van der Waals surface area contributed by atoms with Gasteiger partial charge >= 0.3 is 0 Å². The monoisotopic (exact) mass is 350 g/mol. The summed E-state index contributed by atoms with van der Waals surface area (Å²) in [6.45, 7) is 0.671. The predicted octanol–water partition coefficient (Wildman–Crippen LogP) is -4.24. The maximum absolute atomic E-state index is 11.9. The molecule has 0 rings (SSSR count). The summed E-state index contributed by atoms with van der Waals surface area (Å²) in [6, 6.07) is -0.937. The molecule has 0 radical (unpaired) electrons. The lowest BCUT2D eigenvalue weighted by molar-refractivity contribution is -0.150. The highest BCUT2D eigenvalue weighted by atomic mass is 16.4. The Kier molecular flexibility index (Phi) is 10.1. The molecule has 0 aliphatic heterocycles. The van der Waals surface area contributed by atoms with Crippen molar-refractivity contribution in [3.63, 3.8) is 0 Å². The zero-order chi connectivity index (χ0) is 18.9. The summed E-state index contributed by atoms with van der Waals surface area (Å²) in [5.74, 6) is -1.72. The lowest BCUT2D eigenvalue weighted by atomic mass is 10.0. The van der Waals surface area contributed by atoms with Gasteiger partial charge in [0.05, 0.1) is 12.6 Å². The molecule has 0 spiro atoms. The molecule has 0 saturated carbocycles. The zero-order valence-corrected chi connectivity index (χ0v) is 13.3. The molecular formula is C13H26N4O7. The third-order valence-electron chi connectivity index (χ3n) is 3.32. The van der Waals surface area contributed by atoms with E-state index >= 15 is 0 Å². The Labute approximate surface area is 139 Å². The Morgan fingerprint density at radius 2 is 1.75 bits per heavy atom. The molecular weight excluding hydrogens is 324 g/mol. The van der Waals surface area contributed by atoms with E-state index in [1.807, 2.05) is 0 Å². The van der Waals surface area contributed by atoms with Crippen molar-refractivity contribution in [1.29, 1.82) is 5.41 Å². The van der Waals surface area contributed by atoms with Crippen LogP contribution in [-0.2, 0) is 9.59 Å². The molecule has 1 amide bonds. The normalized spacial score (nSPS) is 17.2. The Balaban J connectivity index is 4.59. The van der Waals surface area contributed by atoms with Crippen LogP contribution in [0.25, 0.3) is 0 Å². The van der Waals surface area contributed by atoms with Crippen LogP contribution in [0, 0.1) is 5.41 Å². The summed E-state index contributed by atoms with van der Waals surface area (Å²) in [6.07, 6.45) is -7.21. The van der Waals surface area contributed by atoms with Crippen LogP contribution in [0.15, 0.2) is 0 Å². The van der Waals surface area contributed by atoms with Gasteiger partial charge in [-0.25, -0.2) is 0 Å². The van der Waals surface area contributed by atoms with Crippen LogP contribution in [0.2, 0.25) is 0 Å². The molecule has 11 nitrogen and oxygen atoms in total. The number of ketones is 1. The average Bonchev–Trinajstić information content (AvgIpc) is 2.53. The molecule has 0 fully saturated rings. The van der Waals surface area contributed by atoms with Crippen LogP contribution in [0.4, 0.5) is 0 Å². The topological polar surface area (TPSA) is 209 Å². The van der Waals surface area contributed by atoms with Gasteiger partial charge in [0.25, 0.3) is 5.91 Å². The van der Waals surface area contributed by atoms with Gasteiger partial charge in [-0.15, -0.1) is 0 Å². The SMILES string of the molecule is CC(=O)C(CCCNC(=N)N)NC(=O)[C@@H](O)[C@@H](O)[C@@H](O)[C@@H](O)CO. The highest BCUT2D eigenvalue weighted by Crippen LogP contribution is 2.07. The fourth-order valence-corrected chi connectivity index (χ4v) is 1.84. The van der Waals surface area contributed by atoms with Gasteiger partial charge in [-0.3, -0.25) is 15.0 Å². The fraction of sp³-hybridized carbons (Fsp3) is 0.769. The number of carbonyl (C=O) groups excluding carboxylic acids is 2. The number of hydrogen-bond acceptors (Lipinski definition) is 8. The van der Waals surface area contributed by atoms with Gasteiger partial charge in [-0.2, -0.15) is 0 Å². The van der Waals surface area contributed by atoms with E-state index in [1.54, 1.807) is 0 Å². The molecule has 0 aliphatic rings. The number of nitrogens with two attached hydrogens (primary N) is 1. The Bertz CT molecular complexity index is 435. The number of aliphatic hydroxyl groups excluding tert-OH is 5. The van der Waals surface area contributed by atoms with Crippen molar-refractivity contribution < 1.29 is 35.1 Å². The number of guanidine groups is 1. The van der Waals surface area contributed by atoms with Crippen LogP contribution in [0.5, 0.6) is 0 Å². The predicted molar refractivity (Wildman–Crippen MR) is 82.9 cm³/mol. The summed E-state index contributed by atoms with van der Waals surface area (Å²) in [7, 11) is 0. The number of Topliss-reactive ketones (excluding diaryl/α,β-unsaturated/α-hetero) is 1. The Morgan fingerprint density at radius 3 is 2.21 bits per heavy atom. The average molecular weight is 350 g/mol. The molecule has 0 aromatic carbocycles. The zero-order valence-electron chi connectivity index (χ0n) is 13.3. The van der Waals surface area contributed by atoms with Crippen molar-refractivity contribution in [3.8, 4) is 0 Å². The van der Waals surface area contributed by atoms with Gasteiger partial charge in [0.1, 0.15) is 18.3 Å². The largest absolute Gasteiger partial charge is 0.394 e. The standard InChI is InChI=1S/C13H26N4O7/c1-6(19)7(3-2-4-16-13(14)15)17-12(24)11(23)10(22)9(21)8(20)5-18/h7-11,18,20-23H,2-5H2,1H3,(H,17,24)(H4,14,15,16)/t7?,8-,9-,10-,11-/m0/s1. The number of nitrogens with one attached hydrogen (secondary N) is 3. The number of amides is 1. The first-order valence-corrected chi connectivity index (χ1v) is 7.33. The van der Waals surface area contributed by atoms with Crippen LogP contribution in [0.3, 0.4) is 0 Å². The highest BCUT2D eigenvalue weighted by Gasteiger charge is 2.35. The van der Waals surface area contributed by atoms with E-state index < -0.39 is 43.0 Å². The molecule has 1 unspecified atom stereocenters. The van der Waals surface area contributed by atoms with Crippen LogP contribution >= 0.6 is 0 Å².